The number of amides is 1. The lowest BCUT2D eigenvalue weighted by Crippen LogP contribution is -2.45. The number of hydrogen-bond donors (Lipinski definition) is 2. The fourth-order valence-electron chi connectivity index (χ4n) is 3.17. The van der Waals surface area contributed by atoms with Gasteiger partial charge in [0.25, 0.3) is 11.8 Å². The number of alkyl halides is 3. The summed E-state index contributed by atoms with van der Waals surface area (Å²) < 4.78 is 43.6. The van der Waals surface area contributed by atoms with Gasteiger partial charge in [-0.15, -0.1) is 0 Å². The largest absolute Gasteiger partial charge is 0.426 e. The number of para-hydroxylation sites is 1. The molecule has 1 aliphatic heterocycles. The number of carbonyl (C=O) groups is 1. The number of hydrogen-bond acceptors (Lipinski definition) is 6. The first-order valence-corrected chi connectivity index (χ1v) is 8.81. The lowest BCUT2D eigenvalue weighted by atomic mass is 9.92. The molecule has 0 bridgehead atoms. The van der Waals surface area contributed by atoms with Gasteiger partial charge in [0.2, 0.25) is 5.60 Å². The molecule has 1 aliphatic rings. The van der Waals surface area contributed by atoms with Gasteiger partial charge in [-0.3, -0.25) is 4.79 Å². The van der Waals surface area contributed by atoms with E-state index < -0.39 is 23.6 Å². The minimum Gasteiger partial charge on any atom is -0.398 e. The van der Waals surface area contributed by atoms with Crippen LogP contribution in [0.4, 0.5) is 18.9 Å². The Bertz CT molecular complexity index is 866. The Morgan fingerprint density at radius 1 is 1.32 bits per heavy atom. The molecule has 7 nitrogen and oxygen atoms in total. The first kappa shape index (κ1) is 20.1. The highest BCUT2D eigenvalue weighted by molar-refractivity contribution is 5.99. The van der Waals surface area contributed by atoms with Gasteiger partial charge in [0.05, 0.1) is 5.56 Å². The number of piperidine rings is 1. The van der Waals surface area contributed by atoms with Crippen molar-refractivity contribution in [3.05, 3.63) is 41.5 Å². The summed E-state index contributed by atoms with van der Waals surface area (Å²) in [6, 6.07) is 6.61. The third kappa shape index (κ3) is 3.56. The van der Waals surface area contributed by atoms with E-state index in [0.717, 1.165) is 0 Å². The van der Waals surface area contributed by atoms with Gasteiger partial charge in [-0.25, -0.2) is 0 Å². The van der Waals surface area contributed by atoms with Gasteiger partial charge >= 0.3 is 6.18 Å². The molecule has 2 aromatic rings. The van der Waals surface area contributed by atoms with E-state index >= 15 is 0 Å². The van der Waals surface area contributed by atoms with Crippen molar-refractivity contribution in [2.24, 2.45) is 0 Å². The number of halogens is 3. The number of carbonyl (C=O) groups excluding carboxylic acids is 1. The zero-order valence-electron chi connectivity index (χ0n) is 15.4. The van der Waals surface area contributed by atoms with Gasteiger partial charge < -0.3 is 20.3 Å². The number of anilines is 1. The van der Waals surface area contributed by atoms with Crippen molar-refractivity contribution < 1.29 is 27.6 Å². The van der Waals surface area contributed by atoms with Crippen LogP contribution in [0.5, 0.6) is 0 Å². The Labute approximate surface area is 159 Å². The van der Waals surface area contributed by atoms with Crippen LogP contribution < -0.4 is 5.73 Å². The molecule has 1 aromatic carbocycles. The summed E-state index contributed by atoms with van der Waals surface area (Å²) in [5, 5.41) is 13.3. The number of nitrogens with zero attached hydrogens (tertiary/aromatic N) is 3. The van der Waals surface area contributed by atoms with Crippen molar-refractivity contribution >= 4 is 11.6 Å². The molecule has 28 heavy (non-hydrogen) atoms. The van der Waals surface area contributed by atoms with E-state index in [0.29, 0.717) is 31.0 Å². The molecule has 3 rings (SSSR count). The average Bonchev–Trinajstić information content (AvgIpc) is 3.12. The molecule has 0 spiro atoms. The van der Waals surface area contributed by atoms with Crippen LogP contribution in [0.3, 0.4) is 0 Å². The van der Waals surface area contributed by atoms with Crippen molar-refractivity contribution in [3.8, 4) is 0 Å². The summed E-state index contributed by atoms with van der Waals surface area (Å²) in [7, 11) is 0. The van der Waals surface area contributed by atoms with Crippen LogP contribution in [0.1, 0.15) is 54.7 Å². The molecule has 3 atom stereocenters. The summed E-state index contributed by atoms with van der Waals surface area (Å²) in [5.74, 6) is -1.56. The number of rotatable bonds is 3. The Kier molecular flexibility index (Phi) is 5.09. The maximum Gasteiger partial charge on any atom is 0.426 e. The summed E-state index contributed by atoms with van der Waals surface area (Å²) in [4.78, 5) is 18.3. The van der Waals surface area contributed by atoms with E-state index in [1.807, 2.05) is 6.92 Å². The first-order valence-electron chi connectivity index (χ1n) is 8.81. The Morgan fingerprint density at radius 3 is 2.64 bits per heavy atom. The Hall–Kier alpha value is -2.62. The summed E-state index contributed by atoms with van der Waals surface area (Å²) >= 11 is 0. The quantitative estimate of drug-likeness (QED) is 0.771. The predicted octanol–water partition coefficient (Wildman–Crippen LogP) is 2.83. The smallest absolute Gasteiger partial charge is 0.398 e. The third-order valence-electron chi connectivity index (χ3n) is 5.11. The molecular weight excluding hydrogens is 377 g/mol. The lowest BCUT2D eigenvalue weighted by Gasteiger charge is -2.37. The fraction of sp³-hybridized carbons (Fsp3) is 0.500. The molecule has 2 heterocycles. The molecule has 0 aliphatic carbocycles. The maximum atomic E-state index is 13.0. The molecular formula is C18H21F3N4O3. The molecule has 152 valence electrons. The van der Waals surface area contributed by atoms with Gasteiger partial charge in [-0.05, 0) is 38.8 Å². The second-order valence-corrected chi connectivity index (χ2v) is 7.20. The second-order valence-electron chi connectivity index (χ2n) is 7.20. The number of likely N-dealkylation sites (tertiary alicyclic amines) is 1. The van der Waals surface area contributed by atoms with Crippen molar-refractivity contribution in [2.45, 2.75) is 50.4 Å². The average molecular weight is 398 g/mol. The molecule has 1 saturated heterocycles. The number of aliphatic hydroxyl groups is 1. The highest BCUT2D eigenvalue weighted by Gasteiger charge is 2.55. The van der Waals surface area contributed by atoms with Crippen LogP contribution in [0.2, 0.25) is 0 Å². The van der Waals surface area contributed by atoms with Crippen LogP contribution >= 0.6 is 0 Å². The molecule has 10 heteroatoms. The van der Waals surface area contributed by atoms with Crippen LogP contribution in [-0.2, 0) is 5.60 Å². The summed E-state index contributed by atoms with van der Waals surface area (Å²) in [6.45, 7) is 2.66. The van der Waals surface area contributed by atoms with Crippen LogP contribution in [0.15, 0.2) is 28.8 Å². The van der Waals surface area contributed by atoms with Crippen LogP contribution in [0, 0.1) is 0 Å². The monoisotopic (exact) mass is 398 g/mol. The molecule has 1 aromatic heterocycles. The van der Waals surface area contributed by atoms with E-state index in [9.17, 15) is 23.1 Å². The minimum absolute atomic E-state index is 0.0326. The van der Waals surface area contributed by atoms with Gasteiger partial charge in [0.1, 0.15) is 0 Å². The van der Waals surface area contributed by atoms with Crippen LogP contribution in [-0.4, -0.2) is 44.8 Å². The third-order valence-corrected chi connectivity index (χ3v) is 5.11. The van der Waals surface area contributed by atoms with E-state index in [4.69, 9.17) is 5.73 Å². The van der Waals surface area contributed by atoms with Crippen molar-refractivity contribution in [1.82, 2.24) is 15.0 Å². The van der Waals surface area contributed by atoms with Crippen molar-refractivity contribution in [1.29, 1.82) is 0 Å². The number of benzene rings is 1. The molecule has 0 saturated carbocycles. The zero-order valence-corrected chi connectivity index (χ0v) is 15.4. The normalized spacial score (nSPS) is 22.7. The molecule has 0 radical (unpaired) electrons. The number of aromatic nitrogens is 2. The van der Waals surface area contributed by atoms with E-state index in [2.05, 4.69) is 14.7 Å². The topological polar surface area (TPSA) is 105 Å². The van der Waals surface area contributed by atoms with Gasteiger partial charge in [-0.2, -0.15) is 18.2 Å². The molecule has 1 unspecified atom stereocenters. The molecule has 1 fully saturated rings. The van der Waals surface area contributed by atoms with Crippen molar-refractivity contribution in [3.63, 3.8) is 0 Å². The number of nitrogen functional groups attached to an aromatic ring is 1. The standard InChI is InChI=1S/C18H21F3N4O3/c1-10-7-8-11(9-25(10)15(26)12-5-3-4-6-13(12)22)14-23-16(28-24-14)17(2,27)18(19,20)21/h3-6,10-11,27H,7-9,22H2,1-2H3/t10-,11-,17?/m1/s1. The Balaban J connectivity index is 1.82. The predicted molar refractivity (Wildman–Crippen MR) is 93.3 cm³/mol. The summed E-state index contributed by atoms with van der Waals surface area (Å²) in [6.07, 6.45) is -3.77. The van der Waals surface area contributed by atoms with Gasteiger partial charge in [0.15, 0.2) is 5.82 Å². The molecule has 1 amide bonds. The van der Waals surface area contributed by atoms with E-state index in [-0.39, 0.29) is 24.3 Å². The lowest BCUT2D eigenvalue weighted by molar-refractivity contribution is -0.267. The number of nitrogens with two attached hydrogens (primary N) is 1. The van der Waals surface area contributed by atoms with Gasteiger partial charge in [-0.1, -0.05) is 17.3 Å². The maximum absolute atomic E-state index is 13.0. The SMILES string of the molecule is C[C@@H]1CC[C@@H](c2noc(C(C)(O)C(F)(F)F)n2)CN1C(=O)c1ccccc1N. The molecule has 3 N–H and O–H groups in total. The second kappa shape index (κ2) is 7.08. The Morgan fingerprint density at radius 2 is 2.00 bits per heavy atom. The first-order chi connectivity index (χ1) is 13.0. The van der Waals surface area contributed by atoms with Gasteiger partial charge in [0, 0.05) is 24.2 Å². The summed E-state index contributed by atoms with van der Waals surface area (Å²) in [5.41, 5.74) is 3.36. The van der Waals surface area contributed by atoms with Crippen molar-refractivity contribution in [2.75, 3.05) is 12.3 Å². The van der Waals surface area contributed by atoms with Crippen LogP contribution in [0.25, 0.3) is 0 Å². The highest BCUT2D eigenvalue weighted by Crippen LogP contribution is 2.38. The van der Waals surface area contributed by atoms with E-state index in [1.54, 1.807) is 29.2 Å². The zero-order chi connectivity index (χ0) is 20.7. The minimum atomic E-state index is -4.95. The fourth-order valence-corrected chi connectivity index (χ4v) is 3.17. The van der Waals surface area contributed by atoms with E-state index in [1.165, 1.54) is 0 Å². The highest BCUT2D eigenvalue weighted by atomic mass is 19.4.